The smallest absolute Gasteiger partial charge is 0.246 e. The van der Waals surface area contributed by atoms with E-state index < -0.39 is 16.1 Å². The highest BCUT2D eigenvalue weighted by molar-refractivity contribution is 7.92. The minimum Gasteiger partial charge on any atom is -0.338 e. The number of piperazine rings is 1. The number of halogens is 1. The number of anilines is 1. The van der Waals surface area contributed by atoms with Crippen molar-refractivity contribution >= 4 is 33.2 Å². The van der Waals surface area contributed by atoms with Gasteiger partial charge in [0, 0.05) is 31.2 Å². The maximum absolute atomic E-state index is 13.7. The molecule has 6 nitrogen and oxygen atoms in total. The van der Waals surface area contributed by atoms with Crippen molar-refractivity contribution in [3.05, 3.63) is 101 Å². The van der Waals surface area contributed by atoms with Gasteiger partial charge in [0.2, 0.25) is 15.9 Å². The minimum atomic E-state index is -3.71. The highest BCUT2D eigenvalue weighted by Crippen LogP contribution is 2.30. The van der Waals surface area contributed by atoms with Crippen LogP contribution in [0.5, 0.6) is 0 Å². The quantitative estimate of drug-likeness (QED) is 0.423. The lowest BCUT2D eigenvalue weighted by molar-refractivity contribution is -0.134. The molecular weight excluding hydrogens is 494 g/mol. The third-order valence-corrected chi connectivity index (χ3v) is 8.01. The third-order valence-electron chi connectivity index (χ3n) is 6.60. The van der Waals surface area contributed by atoms with Crippen LogP contribution in [0.3, 0.4) is 0 Å². The van der Waals surface area contributed by atoms with Gasteiger partial charge in [-0.2, -0.15) is 0 Å². The van der Waals surface area contributed by atoms with Crippen LogP contribution in [0.2, 0.25) is 5.02 Å². The van der Waals surface area contributed by atoms with E-state index in [1.54, 1.807) is 29.2 Å². The zero-order valence-corrected chi connectivity index (χ0v) is 22.2. The number of nitrogens with zero attached hydrogens (tertiary/aromatic N) is 3. The summed E-state index contributed by atoms with van der Waals surface area (Å²) >= 11 is 6.14. The summed E-state index contributed by atoms with van der Waals surface area (Å²) in [7, 11) is -3.71. The first kappa shape index (κ1) is 26.2. The molecule has 3 aromatic carbocycles. The molecule has 190 valence electrons. The Labute approximate surface area is 219 Å². The highest BCUT2D eigenvalue weighted by Gasteiger charge is 2.36. The van der Waals surface area contributed by atoms with Gasteiger partial charge >= 0.3 is 0 Å². The average Bonchev–Trinajstić information content (AvgIpc) is 2.88. The molecule has 0 radical (unpaired) electrons. The van der Waals surface area contributed by atoms with Gasteiger partial charge < -0.3 is 4.90 Å². The van der Waals surface area contributed by atoms with E-state index in [4.69, 9.17) is 11.6 Å². The van der Waals surface area contributed by atoms with Gasteiger partial charge in [-0.25, -0.2) is 8.42 Å². The molecule has 0 unspecified atom stereocenters. The summed E-state index contributed by atoms with van der Waals surface area (Å²) in [5.41, 5.74) is 2.82. The Morgan fingerprint density at radius 1 is 0.889 bits per heavy atom. The van der Waals surface area contributed by atoms with Crippen molar-refractivity contribution in [3.8, 4) is 0 Å². The number of carbonyl (C=O) groups excluding carboxylic acids is 1. The van der Waals surface area contributed by atoms with Crippen molar-refractivity contribution < 1.29 is 13.2 Å². The van der Waals surface area contributed by atoms with E-state index in [1.165, 1.54) is 15.4 Å². The lowest BCUT2D eigenvalue weighted by Gasteiger charge is -2.42. The molecule has 0 saturated carbocycles. The van der Waals surface area contributed by atoms with E-state index in [0.717, 1.165) is 6.26 Å². The van der Waals surface area contributed by atoms with E-state index >= 15 is 0 Å². The van der Waals surface area contributed by atoms with Crippen molar-refractivity contribution in [1.29, 1.82) is 0 Å². The fraction of sp³-hybridized carbons (Fsp3) is 0.321. The van der Waals surface area contributed by atoms with Crippen LogP contribution < -0.4 is 4.31 Å². The van der Waals surface area contributed by atoms with Crippen LogP contribution in [0.15, 0.2) is 84.9 Å². The molecule has 1 aliphatic heterocycles. The summed E-state index contributed by atoms with van der Waals surface area (Å²) in [6.07, 6.45) is 1.49. The molecule has 8 heteroatoms. The van der Waals surface area contributed by atoms with Crippen molar-refractivity contribution in [2.24, 2.45) is 0 Å². The fourth-order valence-corrected chi connectivity index (χ4v) is 6.34. The van der Waals surface area contributed by atoms with Gasteiger partial charge in [-0.15, -0.1) is 0 Å². The molecule has 0 spiro atoms. The van der Waals surface area contributed by atoms with Crippen LogP contribution in [0.4, 0.5) is 5.69 Å². The SMILES string of the molecule is CC[C@H](C(=O)N1CCN(C(c2ccccc2)c2ccccc2)CC1)N(c1cccc(Cl)c1)S(C)(=O)=O. The number of hydrogen-bond donors (Lipinski definition) is 0. The molecule has 1 atom stereocenters. The summed E-state index contributed by atoms with van der Waals surface area (Å²) in [5.74, 6) is -0.182. The van der Waals surface area contributed by atoms with Crippen LogP contribution >= 0.6 is 11.6 Å². The lowest BCUT2D eigenvalue weighted by Crippen LogP contribution is -2.56. The van der Waals surface area contributed by atoms with Gasteiger partial charge in [0.05, 0.1) is 18.0 Å². The van der Waals surface area contributed by atoms with E-state index in [1.807, 2.05) is 43.3 Å². The molecule has 3 aromatic rings. The Kier molecular flexibility index (Phi) is 8.34. The normalized spacial score (nSPS) is 15.6. The van der Waals surface area contributed by atoms with E-state index in [2.05, 4.69) is 29.2 Å². The lowest BCUT2D eigenvalue weighted by atomic mass is 9.96. The van der Waals surface area contributed by atoms with Gasteiger partial charge in [-0.3, -0.25) is 14.0 Å². The Morgan fingerprint density at radius 2 is 1.44 bits per heavy atom. The maximum Gasteiger partial charge on any atom is 0.246 e. The Balaban J connectivity index is 1.54. The van der Waals surface area contributed by atoms with Crippen LogP contribution in [0, 0.1) is 0 Å². The first-order valence-electron chi connectivity index (χ1n) is 12.2. The average molecular weight is 526 g/mol. The molecule has 4 rings (SSSR count). The second-order valence-corrected chi connectivity index (χ2v) is 11.3. The highest BCUT2D eigenvalue weighted by atomic mass is 35.5. The van der Waals surface area contributed by atoms with Crippen LogP contribution in [-0.4, -0.2) is 62.6 Å². The first-order valence-corrected chi connectivity index (χ1v) is 14.4. The van der Waals surface area contributed by atoms with Crippen molar-refractivity contribution in [1.82, 2.24) is 9.80 Å². The van der Waals surface area contributed by atoms with Crippen molar-refractivity contribution in [3.63, 3.8) is 0 Å². The summed E-state index contributed by atoms with van der Waals surface area (Å²) < 4.78 is 26.8. The summed E-state index contributed by atoms with van der Waals surface area (Å²) in [6, 6.07) is 26.7. The van der Waals surface area contributed by atoms with Crippen molar-refractivity contribution in [2.75, 3.05) is 36.7 Å². The predicted molar refractivity (Wildman–Crippen MR) is 146 cm³/mol. The molecule has 1 amide bonds. The third kappa shape index (κ3) is 5.91. The van der Waals surface area contributed by atoms with Crippen LogP contribution in [0.25, 0.3) is 0 Å². The second-order valence-electron chi connectivity index (χ2n) is 9.05. The number of benzene rings is 3. The summed E-state index contributed by atoms with van der Waals surface area (Å²) in [6.45, 7) is 4.26. The maximum atomic E-state index is 13.7. The largest absolute Gasteiger partial charge is 0.338 e. The standard InChI is InChI=1S/C28H32ClN3O3S/c1-3-26(32(36(2,34)35)25-16-10-15-24(29)21-25)28(33)31-19-17-30(18-20-31)27(22-11-6-4-7-12-22)23-13-8-5-9-14-23/h4-16,21,26-27H,3,17-20H2,1-2H3/t26-/m1/s1. The van der Waals surface area contributed by atoms with E-state index in [-0.39, 0.29) is 11.9 Å². The molecule has 0 aliphatic carbocycles. The first-order chi connectivity index (χ1) is 17.3. The minimum absolute atomic E-state index is 0.0885. The number of sulfonamides is 1. The summed E-state index contributed by atoms with van der Waals surface area (Å²) in [4.78, 5) is 17.8. The van der Waals surface area contributed by atoms with E-state index in [0.29, 0.717) is 43.3 Å². The van der Waals surface area contributed by atoms with Crippen molar-refractivity contribution in [2.45, 2.75) is 25.4 Å². The number of hydrogen-bond acceptors (Lipinski definition) is 4. The second kappa shape index (κ2) is 11.5. The zero-order chi connectivity index (χ0) is 25.7. The van der Waals surface area contributed by atoms with Gasteiger partial charge in [-0.1, -0.05) is 85.3 Å². The molecule has 1 fully saturated rings. The number of carbonyl (C=O) groups is 1. The summed E-state index contributed by atoms with van der Waals surface area (Å²) in [5, 5.41) is 0.421. The molecule has 1 heterocycles. The topological polar surface area (TPSA) is 60.9 Å². The molecule has 0 bridgehead atoms. The van der Waals surface area contributed by atoms with Gasteiger partial charge in [0.25, 0.3) is 0 Å². The Bertz CT molecular complexity index is 1220. The Hall–Kier alpha value is -2.87. The molecular formula is C28H32ClN3O3S. The van der Waals surface area contributed by atoms with Gasteiger partial charge in [-0.05, 0) is 35.7 Å². The molecule has 36 heavy (non-hydrogen) atoms. The Morgan fingerprint density at radius 3 is 1.92 bits per heavy atom. The monoisotopic (exact) mass is 525 g/mol. The van der Waals surface area contributed by atoms with Gasteiger partial charge in [0.1, 0.15) is 6.04 Å². The molecule has 0 N–H and O–H groups in total. The number of amides is 1. The molecule has 1 saturated heterocycles. The molecule has 1 aliphatic rings. The zero-order valence-electron chi connectivity index (χ0n) is 20.6. The molecule has 0 aromatic heterocycles. The van der Waals surface area contributed by atoms with E-state index in [9.17, 15) is 13.2 Å². The number of rotatable bonds is 8. The van der Waals surface area contributed by atoms with Gasteiger partial charge in [0.15, 0.2) is 0 Å². The van der Waals surface area contributed by atoms with Crippen LogP contribution in [0.1, 0.15) is 30.5 Å². The van der Waals surface area contributed by atoms with Crippen LogP contribution in [-0.2, 0) is 14.8 Å². The predicted octanol–water partition coefficient (Wildman–Crippen LogP) is 4.82. The fourth-order valence-electron chi connectivity index (χ4n) is 4.95.